The Morgan fingerprint density at radius 3 is 2.71 bits per heavy atom. The maximum absolute atomic E-state index is 13.7. The lowest BCUT2D eigenvalue weighted by Crippen LogP contribution is -2.42. The number of methoxy groups -OCH3 is 1. The van der Waals surface area contributed by atoms with Crippen molar-refractivity contribution in [3.8, 4) is 5.88 Å². The van der Waals surface area contributed by atoms with Crippen molar-refractivity contribution >= 4 is 24.9 Å². The first-order valence-corrected chi connectivity index (χ1v) is 14.5. The van der Waals surface area contributed by atoms with Crippen molar-refractivity contribution < 1.29 is 37.0 Å². The van der Waals surface area contributed by atoms with Gasteiger partial charge in [0.25, 0.3) is 0 Å². The summed E-state index contributed by atoms with van der Waals surface area (Å²) >= 11 is 0. The summed E-state index contributed by atoms with van der Waals surface area (Å²) in [5.41, 5.74) is 13.4. The number of aliphatic hydroxyl groups excluding tert-OH is 1. The maximum atomic E-state index is 13.7. The Balaban J connectivity index is 1.59. The Bertz CT molecular complexity index is 1580. The van der Waals surface area contributed by atoms with Crippen molar-refractivity contribution in [1.82, 2.24) is 24.6 Å². The van der Waals surface area contributed by atoms with E-state index >= 15 is 0 Å². The van der Waals surface area contributed by atoms with E-state index in [9.17, 15) is 20.0 Å². The zero-order valence-electron chi connectivity index (χ0n) is 24.0. The largest absolute Gasteiger partial charge is 0.519 e. The number of ether oxygens (including phenoxy) is 2. The Labute approximate surface area is 239 Å². The molecule has 1 unspecified atom stereocenters. The third kappa shape index (κ3) is 6.15. The van der Waals surface area contributed by atoms with E-state index in [1.807, 2.05) is 27.7 Å². The van der Waals surface area contributed by atoms with Crippen molar-refractivity contribution in [2.75, 3.05) is 26.0 Å². The minimum atomic E-state index is -4.06. The van der Waals surface area contributed by atoms with Gasteiger partial charge in [-0.2, -0.15) is 9.97 Å². The second kappa shape index (κ2) is 12.0. The Morgan fingerprint density at radius 2 is 2.07 bits per heavy atom. The van der Waals surface area contributed by atoms with Gasteiger partial charge in [0.1, 0.15) is 18.2 Å². The summed E-state index contributed by atoms with van der Waals surface area (Å²) in [6, 6.07) is 0. The molecule has 1 saturated heterocycles. The molecule has 42 heavy (non-hydrogen) atoms. The van der Waals surface area contributed by atoms with Crippen molar-refractivity contribution in [2.24, 2.45) is 5.11 Å². The van der Waals surface area contributed by atoms with E-state index < -0.39 is 56.2 Å². The molecule has 1 aliphatic rings. The molecule has 1 fully saturated rings. The third-order valence-corrected chi connectivity index (χ3v) is 8.09. The van der Waals surface area contributed by atoms with E-state index in [4.69, 9.17) is 33.1 Å². The summed E-state index contributed by atoms with van der Waals surface area (Å²) in [5, 5.41) is 17.8. The van der Waals surface area contributed by atoms with Crippen molar-refractivity contribution in [2.45, 2.75) is 77.0 Å². The molecule has 3 aromatic rings. The molecule has 0 bridgehead atoms. The highest BCUT2D eigenvalue weighted by atomic mass is 31.2. The Morgan fingerprint density at radius 1 is 1.33 bits per heavy atom. The molecule has 4 heterocycles. The zero-order chi connectivity index (χ0) is 30.9. The van der Waals surface area contributed by atoms with Gasteiger partial charge in [0.2, 0.25) is 11.8 Å². The van der Waals surface area contributed by atoms with Crippen LogP contribution in [0.2, 0.25) is 0 Å². The lowest BCUT2D eigenvalue weighted by Gasteiger charge is -2.28. The Kier molecular flexibility index (Phi) is 8.99. The van der Waals surface area contributed by atoms with Crippen LogP contribution in [0.15, 0.2) is 25.1 Å². The lowest BCUT2D eigenvalue weighted by molar-refractivity contribution is -0.0438. The molecule has 0 saturated carbocycles. The minimum absolute atomic E-state index is 0.0615. The molecule has 5 atom stereocenters. The topological polar surface area (TPSA) is 248 Å². The van der Waals surface area contributed by atoms with Crippen LogP contribution in [0.5, 0.6) is 5.88 Å². The average molecular weight is 612 g/mol. The van der Waals surface area contributed by atoms with Gasteiger partial charge < -0.3 is 29.1 Å². The fraction of sp³-hybridized carbons (Fsp3) is 0.652. The second-order valence-corrected chi connectivity index (χ2v) is 12.6. The predicted molar refractivity (Wildman–Crippen MR) is 146 cm³/mol. The van der Waals surface area contributed by atoms with Crippen molar-refractivity contribution in [1.29, 1.82) is 0 Å². The number of nitrogens with two attached hydrogens (primary N) is 1. The molecule has 230 valence electrons. The van der Waals surface area contributed by atoms with Crippen LogP contribution in [0.3, 0.4) is 0 Å². The van der Waals surface area contributed by atoms with Crippen LogP contribution in [0.4, 0.5) is 5.95 Å². The molecule has 0 radical (unpaired) electrons. The molecular formula is C23H34N9O9P. The standard InChI is InChI=1S/C23H34N9O9P/c1-7-8-27-42(35,38-10-13-16(22(2,3)4)41-21(34)40-13)37-9-12-15(33)23(5,30-31-25)19(39-12)32-11-26-14-17(32)28-20(24)29-18(14)36-6/h11-12,15,19,33H,7-10H2,1-6H3,(H,27,35)(H2,24,28,29)/t12-,15-,19-,23-,42?/m1/s1. The van der Waals surface area contributed by atoms with Gasteiger partial charge in [0.05, 0.1) is 26.1 Å². The zero-order valence-corrected chi connectivity index (χ0v) is 24.9. The van der Waals surface area contributed by atoms with E-state index in [1.54, 1.807) is 0 Å². The van der Waals surface area contributed by atoms with Gasteiger partial charge >= 0.3 is 13.6 Å². The van der Waals surface area contributed by atoms with E-state index in [0.717, 1.165) is 0 Å². The smallest absolute Gasteiger partial charge is 0.479 e. The van der Waals surface area contributed by atoms with Gasteiger partial charge in [-0.05, 0) is 18.9 Å². The van der Waals surface area contributed by atoms with Crippen LogP contribution in [-0.4, -0.2) is 62.6 Å². The predicted octanol–water partition coefficient (Wildman–Crippen LogP) is 2.93. The van der Waals surface area contributed by atoms with E-state index in [1.165, 1.54) is 24.9 Å². The summed E-state index contributed by atoms with van der Waals surface area (Å²) in [5.74, 6) is -0.605. The molecule has 0 spiro atoms. The van der Waals surface area contributed by atoms with Crippen LogP contribution in [0.1, 0.15) is 58.8 Å². The van der Waals surface area contributed by atoms with Crippen LogP contribution >= 0.6 is 7.75 Å². The molecule has 18 nitrogen and oxygen atoms in total. The number of nitrogen functional groups attached to an aromatic ring is 1. The molecule has 4 N–H and O–H groups in total. The number of imidazole rings is 1. The number of nitrogens with zero attached hydrogens (tertiary/aromatic N) is 7. The van der Waals surface area contributed by atoms with Gasteiger partial charge in [-0.15, -0.1) is 0 Å². The number of hydrogen-bond acceptors (Lipinski definition) is 14. The van der Waals surface area contributed by atoms with Crippen LogP contribution in [-0.2, 0) is 30.4 Å². The van der Waals surface area contributed by atoms with Crippen molar-refractivity contribution in [3.63, 3.8) is 0 Å². The lowest BCUT2D eigenvalue weighted by atomic mass is 9.92. The molecule has 3 aromatic heterocycles. The fourth-order valence-electron chi connectivity index (χ4n) is 4.47. The molecular weight excluding hydrogens is 577 g/mol. The molecule has 0 aliphatic carbocycles. The average Bonchev–Trinajstić information content (AvgIpc) is 3.59. The molecule has 0 amide bonds. The van der Waals surface area contributed by atoms with E-state index in [2.05, 4.69) is 30.1 Å². The van der Waals surface area contributed by atoms with Crippen LogP contribution < -0.4 is 21.4 Å². The highest BCUT2D eigenvalue weighted by Crippen LogP contribution is 2.48. The van der Waals surface area contributed by atoms with Gasteiger partial charge in [0, 0.05) is 16.9 Å². The molecule has 4 rings (SSSR count). The van der Waals surface area contributed by atoms with Crippen LogP contribution in [0.25, 0.3) is 21.6 Å². The number of nitrogens with one attached hydrogen (secondary N) is 1. The van der Waals surface area contributed by atoms with Gasteiger partial charge in [-0.3, -0.25) is 13.6 Å². The first kappa shape index (κ1) is 31.4. The van der Waals surface area contributed by atoms with Gasteiger partial charge in [-0.25, -0.2) is 19.4 Å². The normalized spacial score (nSPS) is 24.0. The Hall–Kier alpha value is -3.50. The monoisotopic (exact) mass is 611 g/mol. The SMILES string of the molecule is CCCNP(=O)(OCc1oc(=O)oc1C(C)(C)C)OC[C@H]1O[C@@H](n2cnc3c(OC)nc(N)nc32)[C@](C)(N=[N+]=[N-])[C@@H]1O. The minimum Gasteiger partial charge on any atom is -0.479 e. The quantitative estimate of drug-likeness (QED) is 0.115. The number of aliphatic hydroxyl groups is 1. The number of fused-ring (bicyclic) bond motifs is 1. The first-order valence-electron chi connectivity index (χ1n) is 13.0. The number of azide groups is 1. The van der Waals surface area contributed by atoms with E-state index in [-0.39, 0.29) is 41.1 Å². The fourth-order valence-corrected chi connectivity index (χ4v) is 5.86. The number of hydrogen-bond donors (Lipinski definition) is 3. The second-order valence-electron chi connectivity index (χ2n) is 10.7. The van der Waals surface area contributed by atoms with Gasteiger partial charge in [0.15, 0.2) is 28.9 Å². The number of aromatic nitrogens is 4. The van der Waals surface area contributed by atoms with Gasteiger partial charge in [-0.1, -0.05) is 32.8 Å². The van der Waals surface area contributed by atoms with Crippen LogP contribution in [0, 0.1) is 0 Å². The highest BCUT2D eigenvalue weighted by Gasteiger charge is 2.55. The summed E-state index contributed by atoms with van der Waals surface area (Å²) in [6.45, 7) is 8.18. The van der Waals surface area contributed by atoms with E-state index in [0.29, 0.717) is 6.42 Å². The number of anilines is 1. The highest BCUT2D eigenvalue weighted by molar-refractivity contribution is 7.51. The summed E-state index contributed by atoms with van der Waals surface area (Å²) in [7, 11) is -2.66. The molecule has 0 aromatic carbocycles. The summed E-state index contributed by atoms with van der Waals surface area (Å²) in [6.07, 6.45) is -1.78. The van der Waals surface area contributed by atoms with Crippen molar-refractivity contribution in [3.05, 3.63) is 38.9 Å². The third-order valence-electron chi connectivity index (χ3n) is 6.52. The molecule has 1 aliphatic heterocycles. The first-order chi connectivity index (χ1) is 19.8. The summed E-state index contributed by atoms with van der Waals surface area (Å²) in [4.78, 5) is 27.1. The molecule has 19 heteroatoms. The summed E-state index contributed by atoms with van der Waals surface area (Å²) < 4.78 is 48.0. The maximum Gasteiger partial charge on any atom is 0.519 e. The number of rotatable bonds is 12.